The summed E-state index contributed by atoms with van der Waals surface area (Å²) in [6.07, 6.45) is 0.976. The summed E-state index contributed by atoms with van der Waals surface area (Å²) in [6, 6.07) is 9.57. The lowest BCUT2D eigenvalue weighted by Crippen LogP contribution is -2.18. The molecule has 1 aliphatic rings. The SMILES string of the molecule is CCCn1c(=NC(=O)c2ccc3c(c2)OCCO3)sc2c(C)cc(C)cc21. The van der Waals surface area contributed by atoms with E-state index in [1.165, 1.54) is 15.8 Å². The van der Waals surface area contributed by atoms with Gasteiger partial charge in [0.25, 0.3) is 5.91 Å². The molecule has 27 heavy (non-hydrogen) atoms. The highest BCUT2D eigenvalue weighted by molar-refractivity contribution is 7.16. The molecule has 0 radical (unpaired) electrons. The highest BCUT2D eigenvalue weighted by Gasteiger charge is 2.16. The molecule has 0 N–H and O–H groups in total. The first-order chi connectivity index (χ1) is 13.1. The van der Waals surface area contributed by atoms with Crippen LogP contribution in [0.5, 0.6) is 11.5 Å². The number of carbonyl (C=O) groups is 1. The molecule has 0 atom stereocenters. The van der Waals surface area contributed by atoms with Gasteiger partial charge >= 0.3 is 0 Å². The first kappa shape index (κ1) is 17.8. The van der Waals surface area contributed by atoms with Gasteiger partial charge in [-0.15, -0.1) is 0 Å². The van der Waals surface area contributed by atoms with Gasteiger partial charge in [-0.3, -0.25) is 4.79 Å². The molecule has 6 heteroatoms. The average Bonchev–Trinajstić information content (AvgIpc) is 2.99. The zero-order chi connectivity index (χ0) is 19.0. The average molecular weight is 382 g/mol. The summed E-state index contributed by atoms with van der Waals surface area (Å²) in [5.41, 5.74) is 4.08. The number of aromatic nitrogens is 1. The molecule has 0 aliphatic carbocycles. The second-order valence-corrected chi connectivity index (χ2v) is 7.72. The lowest BCUT2D eigenvalue weighted by atomic mass is 10.1. The second-order valence-electron chi connectivity index (χ2n) is 6.74. The lowest BCUT2D eigenvalue weighted by Gasteiger charge is -2.18. The number of ether oxygens (including phenoxy) is 2. The highest BCUT2D eigenvalue weighted by atomic mass is 32.1. The van der Waals surface area contributed by atoms with Crippen molar-refractivity contribution in [3.8, 4) is 11.5 Å². The Morgan fingerprint density at radius 3 is 2.70 bits per heavy atom. The minimum Gasteiger partial charge on any atom is -0.486 e. The number of nitrogens with zero attached hydrogens (tertiary/aromatic N) is 2. The first-order valence-electron chi connectivity index (χ1n) is 9.16. The van der Waals surface area contributed by atoms with Gasteiger partial charge in [0.1, 0.15) is 13.2 Å². The van der Waals surface area contributed by atoms with Crippen LogP contribution in [0.1, 0.15) is 34.8 Å². The van der Waals surface area contributed by atoms with Crippen LogP contribution in [0.2, 0.25) is 0 Å². The van der Waals surface area contributed by atoms with Crippen molar-refractivity contribution in [2.24, 2.45) is 4.99 Å². The van der Waals surface area contributed by atoms with Gasteiger partial charge in [-0.2, -0.15) is 4.99 Å². The van der Waals surface area contributed by atoms with E-state index in [-0.39, 0.29) is 5.91 Å². The predicted octanol–water partition coefficient (Wildman–Crippen LogP) is 4.24. The van der Waals surface area contributed by atoms with Gasteiger partial charge in [-0.1, -0.05) is 24.3 Å². The second kappa shape index (κ2) is 7.19. The molecule has 0 saturated carbocycles. The van der Waals surface area contributed by atoms with Gasteiger partial charge in [0, 0.05) is 12.1 Å². The topological polar surface area (TPSA) is 52.8 Å². The van der Waals surface area contributed by atoms with Crippen LogP contribution in [0, 0.1) is 13.8 Å². The smallest absolute Gasteiger partial charge is 0.279 e. The van der Waals surface area contributed by atoms with Gasteiger partial charge in [-0.25, -0.2) is 0 Å². The van der Waals surface area contributed by atoms with Crippen LogP contribution in [0.15, 0.2) is 35.3 Å². The fourth-order valence-electron chi connectivity index (χ4n) is 3.37. The van der Waals surface area contributed by atoms with Crippen LogP contribution in [0.3, 0.4) is 0 Å². The molecule has 2 aromatic carbocycles. The molecule has 5 nitrogen and oxygen atoms in total. The van der Waals surface area contributed by atoms with Crippen LogP contribution in [0.25, 0.3) is 10.2 Å². The summed E-state index contributed by atoms with van der Waals surface area (Å²) in [5.74, 6) is 1.01. The Bertz CT molecular complexity index is 1090. The Hall–Kier alpha value is -2.60. The van der Waals surface area contributed by atoms with E-state index in [4.69, 9.17) is 9.47 Å². The van der Waals surface area contributed by atoms with Crippen molar-refractivity contribution < 1.29 is 14.3 Å². The van der Waals surface area contributed by atoms with Crippen molar-refractivity contribution in [3.63, 3.8) is 0 Å². The van der Waals surface area contributed by atoms with E-state index in [2.05, 4.69) is 42.5 Å². The number of fused-ring (bicyclic) bond motifs is 2. The molecule has 0 spiro atoms. The van der Waals surface area contributed by atoms with E-state index in [9.17, 15) is 4.79 Å². The molecule has 4 rings (SSSR count). The maximum absolute atomic E-state index is 12.8. The van der Waals surface area contributed by atoms with E-state index in [0.29, 0.717) is 30.3 Å². The van der Waals surface area contributed by atoms with Crippen molar-refractivity contribution in [1.29, 1.82) is 0 Å². The van der Waals surface area contributed by atoms with Gasteiger partial charge in [0.05, 0.1) is 10.2 Å². The molecule has 0 saturated heterocycles. The highest BCUT2D eigenvalue weighted by Crippen LogP contribution is 2.31. The summed E-state index contributed by atoms with van der Waals surface area (Å²) in [5, 5.41) is 0. The largest absolute Gasteiger partial charge is 0.486 e. The van der Waals surface area contributed by atoms with Crippen molar-refractivity contribution in [1.82, 2.24) is 4.57 Å². The Kier molecular flexibility index (Phi) is 4.74. The molecule has 140 valence electrons. The van der Waals surface area contributed by atoms with Crippen LogP contribution in [-0.4, -0.2) is 23.7 Å². The maximum Gasteiger partial charge on any atom is 0.279 e. The number of carbonyl (C=O) groups excluding carboxylic acids is 1. The first-order valence-corrected chi connectivity index (χ1v) is 9.97. The van der Waals surface area contributed by atoms with E-state index in [1.54, 1.807) is 29.5 Å². The summed E-state index contributed by atoms with van der Waals surface area (Å²) < 4.78 is 14.4. The fourth-order valence-corrected chi connectivity index (χ4v) is 4.47. The Morgan fingerprint density at radius 1 is 1.15 bits per heavy atom. The zero-order valence-electron chi connectivity index (χ0n) is 15.7. The number of benzene rings is 2. The molecule has 1 amide bonds. The molecular weight excluding hydrogens is 360 g/mol. The zero-order valence-corrected chi connectivity index (χ0v) is 16.6. The molecule has 0 bridgehead atoms. The van der Waals surface area contributed by atoms with Gasteiger partial charge in [0.15, 0.2) is 16.3 Å². The molecule has 0 unspecified atom stereocenters. The minimum absolute atomic E-state index is 0.266. The van der Waals surface area contributed by atoms with Crippen molar-refractivity contribution in [2.45, 2.75) is 33.7 Å². The summed E-state index contributed by atoms with van der Waals surface area (Å²) in [6.45, 7) is 8.18. The molecule has 1 aromatic heterocycles. The van der Waals surface area contributed by atoms with Crippen molar-refractivity contribution >= 4 is 27.5 Å². The molecular formula is C21H22N2O3S. The van der Waals surface area contributed by atoms with Crippen LogP contribution < -0.4 is 14.3 Å². The van der Waals surface area contributed by atoms with Crippen molar-refractivity contribution in [3.05, 3.63) is 51.8 Å². The van der Waals surface area contributed by atoms with Gasteiger partial charge in [-0.05, 0) is 55.7 Å². The number of aryl methyl sites for hydroxylation is 3. The number of amides is 1. The minimum atomic E-state index is -0.266. The van der Waals surface area contributed by atoms with E-state index >= 15 is 0 Å². The standard InChI is InChI=1S/C21H22N2O3S/c1-4-7-23-16-11-13(2)10-14(3)19(16)27-21(23)22-20(24)15-5-6-17-18(12-15)26-9-8-25-17/h5-6,10-12H,4,7-9H2,1-3H3. The Morgan fingerprint density at radius 2 is 1.93 bits per heavy atom. The summed E-state index contributed by atoms with van der Waals surface area (Å²) in [4.78, 5) is 18.0. The van der Waals surface area contributed by atoms with E-state index in [0.717, 1.165) is 23.3 Å². The maximum atomic E-state index is 12.8. The monoisotopic (exact) mass is 382 g/mol. The number of hydrogen-bond donors (Lipinski definition) is 0. The third kappa shape index (κ3) is 3.37. The summed E-state index contributed by atoms with van der Waals surface area (Å²) >= 11 is 1.57. The number of rotatable bonds is 3. The van der Waals surface area contributed by atoms with Gasteiger partial charge in [0.2, 0.25) is 0 Å². The lowest BCUT2D eigenvalue weighted by molar-refractivity contribution is 0.0996. The van der Waals surface area contributed by atoms with E-state index < -0.39 is 0 Å². The molecule has 2 heterocycles. The fraction of sp³-hybridized carbons (Fsp3) is 0.333. The number of hydrogen-bond acceptors (Lipinski definition) is 4. The van der Waals surface area contributed by atoms with Crippen LogP contribution in [-0.2, 0) is 6.54 Å². The third-order valence-electron chi connectivity index (χ3n) is 4.55. The quantitative estimate of drug-likeness (QED) is 0.681. The molecule has 0 fully saturated rings. The number of thiazole rings is 1. The van der Waals surface area contributed by atoms with E-state index in [1.807, 2.05) is 0 Å². The normalized spacial score (nSPS) is 14.0. The predicted molar refractivity (Wildman–Crippen MR) is 107 cm³/mol. The Labute approximate surface area is 161 Å². The Balaban J connectivity index is 1.81. The van der Waals surface area contributed by atoms with Crippen molar-refractivity contribution in [2.75, 3.05) is 13.2 Å². The van der Waals surface area contributed by atoms with Crippen LogP contribution >= 0.6 is 11.3 Å². The third-order valence-corrected chi connectivity index (χ3v) is 5.78. The summed E-state index contributed by atoms with van der Waals surface area (Å²) in [7, 11) is 0. The molecule has 1 aliphatic heterocycles. The van der Waals surface area contributed by atoms with Gasteiger partial charge < -0.3 is 14.0 Å². The molecule has 3 aromatic rings. The van der Waals surface area contributed by atoms with Crippen LogP contribution in [0.4, 0.5) is 0 Å².